The van der Waals surface area contributed by atoms with Gasteiger partial charge in [-0.3, -0.25) is 0 Å². The fourth-order valence-corrected chi connectivity index (χ4v) is 4.43. The molecule has 0 unspecified atom stereocenters. The van der Waals surface area contributed by atoms with Gasteiger partial charge in [0.25, 0.3) is 0 Å². The summed E-state index contributed by atoms with van der Waals surface area (Å²) in [5.41, 5.74) is 5.96. The van der Waals surface area contributed by atoms with Crippen LogP contribution in [0.15, 0.2) is 91.1 Å². The Morgan fingerprint density at radius 1 is 0.935 bits per heavy atom. The molecule has 4 nitrogen and oxygen atoms in total. The minimum Gasteiger partial charge on any atom is -0.318 e. The number of anilines is 1. The number of carbonyl (C=O) groups excluding carboxylic acids is 1. The van der Waals surface area contributed by atoms with Gasteiger partial charge >= 0.3 is 6.03 Å². The first-order valence-electron chi connectivity index (χ1n) is 10.3. The van der Waals surface area contributed by atoms with Crippen LogP contribution < -0.4 is 5.32 Å². The van der Waals surface area contributed by atoms with Gasteiger partial charge in [0.2, 0.25) is 0 Å². The van der Waals surface area contributed by atoms with Crippen molar-refractivity contribution in [3.05, 3.63) is 119 Å². The molecular formula is C26H22ClN3O. The molecule has 0 radical (unpaired) electrons. The quantitative estimate of drug-likeness (QED) is 0.385. The summed E-state index contributed by atoms with van der Waals surface area (Å²) in [6.45, 7) is 2.49. The van der Waals surface area contributed by atoms with Gasteiger partial charge < -0.3 is 14.8 Å². The number of aromatic nitrogens is 1. The molecule has 4 aromatic rings. The van der Waals surface area contributed by atoms with E-state index < -0.39 is 0 Å². The Morgan fingerprint density at radius 3 is 2.48 bits per heavy atom. The average Bonchev–Trinajstić information content (AvgIpc) is 3.21. The van der Waals surface area contributed by atoms with E-state index in [9.17, 15) is 4.79 Å². The predicted molar refractivity (Wildman–Crippen MR) is 125 cm³/mol. The van der Waals surface area contributed by atoms with E-state index in [4.69, 9.17) is 11.6 Å². The molecule has 1 aromatic heterocycles. The van der Waals surface area contributed by atoms with Crippen LogP contribution in [0, 0.1) is 6.92 Å². The van der Waals surface area contributed by atoms with E-state index in [-0.39, 0.29) is 12.1 Å². The second kappa shape index (κ2) is 7.97. The van der Waals surface area contributed by atoms with Crippen molar-refractivity contribution in [2.45, 2.75) is 19.5 Å². The van der Waals surface area contributed by atoms with E-state index in [1.165, 1.54) is 0 Å². The molecule has 31 heavy (non-hydrogen) atoms. The van der Waals surface area contributed by atoms with Crippen LogP contribution in [0.5, 0.6) is 0 Å². The summed E-state index contributed by atoms with van der Waals surface area (Å²) in [7, 11) is 0. The summed E-state index contributed by atoms with van der Waals surface area (Å²) in [5, 5.41) is 3.71. The van der Waals surface area contributed by atoms with Crippen LogP contribution in [0.1, 0.15) is 28.4 Å². The molecule has 3 aromatic carbocycles. The highest BCUT2D eigenvalue weighted by molar-refractivity contribution is 6.31. The van der Waals surface area contributed by atoms with E-state index >= 15 is 0 Å². The number of rotatable bonds is 2. The summed E-state index contributed by atoms with van der Waals surface area (Å²) in [4.78, 5) is 15.5. The highest BCUT2D eigenvalue weighted by Gasteiger charge is 2.34. The van der Waals surface area contributed by atoms with Crippen LogP contribution >= 0.6 is 11.6 Å². The molecule has 2 amide bonds. The Kier molecular flexibility index (Phi) is 5.00. The Labute approximate surface area is 186 Å². The van der Waals surface area contributed by atoms with Crippen LogP contribution in [0.25, 0.3) is 5.69 Å². The van der Waals surface area contributed by atoms with Crippen molar-refractivity contribution >= 4 is 23.3 Å². The highest BCUT2D eigenvalue weighted by atomic mass is 35.5. The number of nitrogens with zero attached hydrogens (tertiary/aromatic N) is 2. The third-order valence-electron chi connectivity index (χ3n) is 5.73. The number of fused-ring (bicyclic) bond motifs is 3. The summed E-state index contributed by atoms with van der Waals surface area (Å²) in [6, 6.07) is 27.3. The zero-order valence-electron chi connectivity index (χ0n) is 17.1. The second-order valence-corrected chi connectivity index (χ2v) is 8.19. The van der Waals surface area contributed by atoms with Crippen molar-refractivity contribution < 1.29 is 4.79 Å². The molecular weight excluding hydrogens is 406 g/mol. The van der Waals surface area contributed by atoms with Crippen molar-refractivity contribution in [2.24, 2.45) is 0 Å². The van der Waals surface area contributed by atoms with E-state index in [0.29, 0.717) is 11.6 Å². The Morgan fingerprint density at radius 2 is 1.68 bits per heavy atom. The first kappa shape index (κ1) is 19.5. The van der Waals surface area contributed by atoms with Crippen LogP contribution in [-0.2, 0) is 6.54 Å². The van der Waals surface area contributed by atoms with Gasteiger partial charge in [0.1, 0.15) is 6.04 Å². The Bertz CT molecular complexity index is 1250. The molecule has 5 heteroatoms. The predicted octanol–water partition coefficient (Wildman–Crippen LogP) is 6.58. The maximum absolute atomic E-state index is 13.6. The highest BCUT2D eigenvalue weighted by Crippen LogP contribution is 2.39. The van der Waals surface area contributed by atoms with Gasteiger partial charge in [-0.25, -0.2) is 4.79 Å². The van der Waals surface area contributed by atoms with Gasteiger partial charge in [0, 0.05) is 16.9 Å². The molecule has 0 saturated carbocycles. The Balaban J connectivity index is 1.64. The van der Waals surface area contributed by atoms with E-state index in [1.807, 2.05) is 84.8 Å². The largest absolute Gasteiger partial charge is 0.322 e. The topological polar surface area (TPSA) is 37.3 Å². The minimum atomic E-state index is -0.332. The number of halogens is 1. The number of hydrogen-bond acceptors (Lipinski definition) is 1. The van der Waals surface area contributed by atoms with Crippen LogP contribution in [0.2, 0.25) is 5.02 Å². The first-order chi connectivity index (χ1) is 15.1. The zero-order valence-corrected chi connectivity index (χ0v) is 17.9. The summed E-state index contributed by atoms with van der Waals surface area (Å²) in [6.07, 6.45) is 2.04. The molecule has 0 spiro atoms. The number of nitrogens with one attached hydrogen (secondary N) is 1. The lowest BCUT2D eigenvalue weighted by atomic mass is 10.0. The summed E-state index contributed by atoms with van der Waals surface area (Å²) < 4.78 is 2.16. The monoisotopic (exact) mass is 427 g/mol. The average molecular weight is 428 g/mol. The number of para-hydroxylation sites is 1. The molecule has 2 heterocycles. The molecule has 1 N–H and O–H groups in total. The van der Waals surface area contributed by atoms with E-state index in [0.717, 1.165) is 33.8 Å². The number of hydrogen-bond donors (Lipinski definition) is 1. The smallest absolute Gasteiger partial charge is 0.318 e. The lowest BCUT2D eigenvalue weighted by molar-refractivity contribution is 0.194. The number of amides is 2. The molecule has 5 rings (SSSR count). The van der Waals surface area contributed by atoms with E-state index in [2.05, 4.69) is 28.1 Å². The molecule has 1 aliphatic rings. The van der Waals surface area contributed by atoms with Gasteiger partial charge in [0.15, 0.2) is 0 Å². The molecule has 0 aliphatic carbocycles. The van der Waals surface area contributed by atoms with Crippen molar-refractivity contribution in [3.63, 3.8) is 0 Å². The molecule has 154 valence electrons. The number of benzene rings is 3. The van der Waals surface area contributed by atoms with E-state index in [1.54, 1.807) is 0 Å². The van der Waals surface area contributed by atoms with Crippen molar-refractivity contribution in [2.75, 3.05) is 5.32 Å². The number of urea groups is 1. The summed E-state index contributed by atoms with van der Waals surface area (Å²) >= 11 is 6.64. The number of carbonyl (C=O) groups is 1. The fraction of sp³-hybridized carbons (Fsp3) is 0.115. The lowest BCUT2D eigenvalue weighted by Crippen LogP contribution is -2.38. The van der Waals surface area contributed by atoms with Crippen molar-refractivity contribution in [1.29, 1.82) is 0 Å². The van der Waals surface area contributed by atoms with Crippen LogP contribution in [0.3, 0.4) is 0 Å². The Hall–Kier alpha value is -3.50. The van der Waals surface area contributed by atoms with Gasteiger partial charge in [-0.1, -0.05) is 65.7 Å². The molecule has 0 fully saturated rings. The maximum atomic E-state index is 13.6. The van der Waals surface area contributed by atoms with Crippen molar-refractivity contribution in [1.82, 2.24) is 9.47 Å². The third kappa shape index (κ3) is 3.60. The maximum Gasteiger partial charge on any atom is 0.322 e. The third-order valence-corrected chi connectivity index (χ3v) is 6.07. The van der Waals surface area contributed by atoms with Gasteiger partial charge in [-0.2, -0.15) is 0 Å². The van der Waals surface area contributed by atoms with Crippen LogP contribution in [-0.4, -0.2) is 15.5 Å². The summed E-state index contributed by atoms with van der Waals surface area (Å²) in [5.74, 6) is 0. The molecule has 1 atom stereocenters. The second-order valence-electron chi connectivity index (χ2n) is 7.78. The van der Waals surface area contributed by atoms with Crippen molar-refractivity contribution in [3.8, 4) is 5.69 Å². The first-order valence-corrected chi connectivity index (χ1v) is 10.6. The molecule has 0 bridgehead atoms. The van der Waals surface area contributed by atoms with Gasteiger partial charge in [-0.05, 0) is 54.4 Å². The molecule has 1 aliphatic heterocycles. The van der Waals surface area contributed by atoms with Gasteiger partial charge in [0.05, 0.1) is 17.9 Å². The minimum absolute atomic E-state index is 0.168. The molecule has 0 saturated heterocycles. The van der Waals surface area contributed by atoms with Crippen LogP contribution in [0.4, 0.5) is 10.5 Å². The standard InChI is InChI=1S/C26H22ClN3O/c1-18-12-14-20(15-13-18)28-26(31)30-17-19-7-2-5-10-23(19)29-16-6-11-24(29)25(30)21-8-3-4-9-22(21)27/h2-16,25H,17H2,1H3,(H,28,31)/t25-/m0/s1. The SMILES string of the molecule is Cc1ccc(NC(=O)N2Cc3ccccc3-n3cccc3[C@@H]2c2ccccc2Cl)cc1. The lowest BCUT2D eigenvalue weighted by Gasteiger charge is -2.31. The fourth-order valence-electron chi connectivity index (χ4n) is 4.20. The normalized spacial score (nSPS) is 15.0. The zero-order chi connectivity index (χ0) is 21.4. The van der Waals surface area contributed by atoms with Gasteiger partial charge in [-0.15, -0.1) is 0 Å². The number of aryl methyl sites for hydroxylation is 1.